The average molecular weight is 276 g/mol. The van der Waals surface area contributed by atoms with Crippen LogP contribution in [0.4, 0.5) is 0 Å². The van der Waals surface area contributed by atoms with Crippen molar-refractivity contribution in [1.29, 1.82) is 0 Å². The third kappa shape index (κ3) is 3.76. The summed E-state index contributed by atoms with van der Waals surface area (Å²) < 4.78 is 6.09. The van der Waals surface area contributed by atoms with Crippen molar-refractivity contribution in [2.45, 2.75) is 71.5 Å². The zero-order valence-electron chi connectivity index (χ0n) is 13.4. The maximum absolute atomic E-state index is 10.2. The molecule has 1 N–H and O–H groups in total. The summed E-state index contributed by atoms with van der Waals surface area (Å²) in [7, 11) is 0. The first kappa shape index (κ1) is 15.4. The molecule has 1 aliphatic rings. The lowest BCUT2D eigenvalue weighted by Gasteiger charge is -2.38. The van der Waals surface area contributed by atoms with Crippen molar-refractivity contribution in [3.63, 3.8) is 0 Å². The second-order valence-corrected chi connectivity index (χ2v) is 7.91. The molecule has 20 heavy (non-hydrogen) atoms. The van der Waals surface area contributed by atoms with E-state index in [1.165, 1.54) is 5.56 Å². The van der Waals surface area contributed by atoms with Crippen LogP contribution in [0.1, 0.15) is 59.4 Å². The van der Waals surface area contributed by atoms with Gasteiger partial charge in [-0.2, -0.15) is 0 Å². The van der Waals surface area contributed by atoms with Gasteiger partial charge in [0.25, 0.3) is 0 Å². The third-order valence-corrected chi connectivity index (χ3v) is 4.29. The lowest BCUT2D eigenvalue weighted by molar-refractivity contribution is -0.0304. The van der Waals surface area contributed by atoms with Gasteiger partial charge in [0.2, 0.25) is 0 Å². The monoisotopic (exact) mass is 276 g/mol. The summed E-state index contributed by atoms with van der Waals surface area (Å²) in [4.78, 5) is 0. The first-order chi connectivity index (χ1) is 9.17. The Balaban J connectivity index is 2.13. The van der Waals surface area contributed by atoms with E-state index in [4.69, 9.17) is 4.74 Å². The number of ether oxygens (including phenoxy) is 1. The first-order valence-electron chi connectivity index (χ1n) is 7.63. The number of aliphatic hydroxyl groups excluding tert-OH is 1. The number of rotatable bonds is 2. The van der Waals surface area contributed by atoms with Crippen LogP contribution in [0.15, 0.2) is 24.3 Å². The highest BCUT2D eigenvalue weighted by Crippen LogP contribution is 2.37. The fourth-order valence-corrected chi connectivity index (χ4v) is 2.84. The summed E-state index contributed by atoms with van der Waals surface area (Å²) >= 11 is 0. The van der Waals surface area contributed by atoms with Crippen LogP contribution in [0.3, 0.4) is 0 Å². The molecule has 2 unspecified atom stereocenters. The molecular formula is C18H28O2. The Bertz CT molecular complexity index is 457. The van der Waals surface area contributed by atoms with Gasteiger partial charge in [-0.3, -0.25) is 0 Å². The van der Waals surface area contributed by atoms with E-state index in [9.17, 15) is 5.11 Å². The molecule has 112 valence electrons. The molecule has 2 atom stereocenters. The van der Waals surface area contributed by atoms with E-state index in [-0.39, 0.29) is 23.0 Å². The lowest BCUT2D eigenvalue weighted by Crippen LogP contribution is -2.41. The normalized spacial score (nSPS) is 26.3. The van der Waals surface area contributed by atoms with Gasteiger partial charge in [-0.1, -0.05) is 46.8 Å². The fourth-order valence-electron chi connectivity index (χ4n) is 2.84. The molecule has 1 aliphatic carbocycles. The number of benzene rings is 1. The van der Waals surface area contributed by atoms with Gasteiger partial charge in [-0.05, 0) is 47.8 Å². The molecule has 1 aromatic rings. The average Bonchev–Trinajstić information content (AvgIpc) is 2.33. The highest BCUT2D eigenvalue weighted by atomic mass is 16.5. The van der Waals surface area contributed by atoms with Crippen LogP contribution >= 0.6 is 0 Å². The number of hydrogen-bond acceptors (Lipinski definition) is 2. The van der Waals surface area contributed by atoms with Crippen LogP contribution in [0.2, 0.25) is 0 Å². The molecule has 0 saturated heterocycles. The van der Waals surface area contributed by atoms with E-state index in [1.54, 1.807) is 0 Å². The maximum atomic E-state index is 10.2. The van der Waals surface area contributed by atoms with E-state index >= 15 is 0 Å². The lowest BCUT2D eigenvalue weighted by atomic mass is 9.75. The standard InChI is InChI=1S/C18H28O2/c1-17(2,3)13-7-6-8-14(11-13)20-16-12-18(4,5)10-9-15(16)19/h6-8,11,15-16,19H,9-10,12H2,1-5H3. The molecule has 2 rings (SSSR count). The van der Waals surface area contributed by atoms with Crippen molar-refractivity contribution in [2.24, 2.45) is 5.41 Å². The smallest absolute Gasteiger partial charge is 0.125 e. The summed E-state index contributed by atoms with van der Waals surface area (Å²) in [6.45, 7) is 11.1. The molecule has 0 amide bonds. The summed E-state index contributed by atoms with van der Waals surface area (Å²) in [6, 6.07) is 8.27. The quantitative estimate of drug-likeness (QED) is 0.872. The van der Waals surface area contributed by atoms with E-state index in [1.807, 2.05) is 12.1 Å². The van der Waals surface area contributed by atoms with Crippen molar-refractivity contribution in [3.05, 3.63) is 29.8 Å². The van der Waals surface area contributed by atoms with E-state index < -0.39 is 0 Å². The summed E-state index contributed by atoms with van der Waals surface area (Å²) in [5, 5.41) is 10.2. The first-order valence-corrected chi connectivity index (χ1v) is 7.63. The summed E-state index contributed by atoms with van der Waals surface area (Å²) in [5.41, 5.74) is 1.63. The minimum atomic E-state index is -0.346. The molecule has 0 aromatic heterocycles. The molecule has 1 aromatic carbocycles. The van der Waals surface area contributed by atoms with Crippen molar-refractivity contribution in [2.75, 3.05) is 0 Å². The van der Waals surface area contributed by atoms with Gasteiger partial charge in [-0.25, -0.2) is 0 Å². The molecule has 0 heterocycles. The molecule has 2 heteroatoms. The Hall–Kier alpha value is -1.02. The topological polar surface area (TPSA) is 29.5 Å². The van der Waals surface area contributed by atoms with Crippen LogP contribution in [0.5, 0.6) is 5.75 Å². The largest absolute Gasteiger partial charge is 0.488 e. The molecule has 1 saturated carbocycles. The Morgan fingerprint density at radius 2 is 1.95 bits per heavy atom. The van der Waals surface area contributed by atoms with Gasteiger partial charge in [0.1, 0.15) is 11.9 Å². The Kier molecular flexibility index (Phi) is 4.15. The molecule has 0 aliphatic heterocycles. The van der Waals surface area contributed by atoms with Gasteiger partial charge >= 0.3 is 0 Å². The molecule has 2 nitrogen and oxygen atoms in total. The molecule has 0 spiro atoms. The second-order valence-electron chi connectivity index (χ2n) is 7.91. The van der Waals surface area contributed by atoms with Gasteiger partial charge < -0.3 is 9.84 Å². The summed E-state index contributed by atoms with van der Waals surface area (Å²) in [6.07, 6.45) is 2.37. The highest BCUT2D eigenvalue weighted by Gasteiger charge is 2.35. The third-order valence-electron chi connectivity index (χ3n) is 4.29. The molecular weight excluding hydrogens is 248 g/mol. The van der Waals surface area contributed by atoms with Gasteiger partial charge in [0.05, 0.1) is 6.10 Å². The number of hydrogen-bond donors (Lipinski definition) is 1. The van der Waals surface area contributed by atoms with Crippen LogP contribution < -0.4 is 4.74 Å². The SMILES string of the molecule is CC1(C)CCC(O)C(Oc2cccc(C(C)(C)C)c2)C1. The minimum Gasteiger partial charge on any atom is -0.488 e. The van der Waals surface area contributed by atoms with Gasteiger partial charge in [0.15, 0.2) is 0 Å². The molecule has 0 bridgehead atoms. The molecule has 1 fully saturated rings. The summed E-state index contributed by atoms with van der Waals surface area (Å²) in [5.74, 6) is 0.874. The van der Waals surface area contributed by atoms with Crippen molar-refractivity contribution in [1.82, 2.24) is 0 Å². The maximum Gasteiger partial charge on any atom is 0.125 e. The van der Waals surface area contributed by atoms with E-state index in [0.29, 0.717) is 0 Å². The predicted octanol–water partition coefficient (Wildman–Crippen LogP) is 4.30. The zero-order chi connectivity index (χ0) is 15.0. The van der Waals surface area contributed by atoms with Crippen LogP contribution in [0.25, 0.3) is 0 Å². The predicted molar refractivity (Wildman–Crippen MR) is 83.2 cm³/mol. The van der Waals surface area contributed by atoms with Crippen LogP contribution in [-0.2, 0) is 5.41 Å². The number of aliphatic hydroxyl groups is 1. The minimum absolute atomic E-state index is 0.0889. The zero-order valence-corrected chi connectivity index (χ0v) is 13.4. The highest BCUT2D eigenvalue weighted by molar-refractivity contribution is 5.32. The Morgan fingerprint density at radius 3 is 2.60 bits per heavy atom. The second kappa shape index (κ2) is 5.40. The Labute approximate surface area is 123 Å². The van der Waals surface area contributed by atoms with Crippen LogP contribution in [-0.4, -0.2) is 17.3 Å². The molecule has 0 radical (unpaired) electrons. The van der Waals surface area contributed by atoms with E-state index in [0.717, 1.165) is 25.0 Å². The van der Waals surface area contributed by atoms with Crippen molar-refractivity contribution < 1.29 is 9.84 Å². The van der Waals surface area contributed by atoms with Crippen molar-refractivity contribution >= 4 is 0 Å². The van der Waals surface area contributed by atoms with Gasteiger partial charge in [0, 0.05) is 0 Å². The van der Waals surface area contributed by atoms with Crippen molar-refractivity contribution in [3.8, 4) is 5.75 Å². The van der Waals surface area contributed by atoms with Crippen LogP contribution in [0, 0.1) is 5.41 Å². The Morgan fingerprint density at radius 1 is 1.25 bits per heavy atom. The fraction of sp³-hybridized carbons (Fsp3) is 0.667. The van der Waals surface area contributed by atoms with Gasteiger partial charge in [-0.15, -0.1) is 0 Å². The van der Waals surface area contributed by atoms with E-state index in [2.05, 4.69) is 46.8 Å².